The van der Waals surface area contributed by atoms with Crippen molar-refractivity contribution < 1.29 is 4.21 Å². The maximum Gasteiger partial charge on any atom is 0.153 e. The van der Waals surface area contributed by atoms with Gasteiger partial charge in [0.1, 0.15) is 0 Å². The van der Waals surface area contributed by atoms with Crippen LogP contribution < -0.4 is 4.72 Å². The molecule has 0 bridgehead atoms. The summed E-state index contributed by atoms with van der Waals surface area (Å²) in [6, 6.07) is 8.64. The summed E-state index contributed by atoms with van der Waals surface area (Å²) >= 11 is 19.6. The highest BCUT2D eigenvalue weighted by molar-refractivity contribution is 7.86. The number of hydrogen-bond acceptors (Lipinski definition) is 3. The van der Waals surface area contributed by atoms with E-state index in [4.69, 9.17) is 34.8 Å². The summed E-state index contributed by atoms with van der Waals surface area (Å²) in [5.41, 5.74) is 1.54. The summed E-state index contributed by atoms with van der Waals surface area (Å²) in [4.78, 5) is 4.72. The largest absolute Gasteiger partial charge is 0.301 e. The smallest absolute Gasteiger partial charge is 0.153 e. The van der Waals surface area contributed by atoms with Gasteiger partial charge in [-0.25, -0.2) is 9.19 Å². The summed E-state index contributed by atoms with van der Waals surface area (Å²) in [5, 5.41) is 1.90. The second kappa shape index (κ2) is 6.34. The number of aryl methyl sites for hydroxylation is 1. The summed E-state index contributed by atoms with van der Waals surface area (Å²) in [6.07, 6.45) is 0. The van der Waals surface area contributed by atoms with Crippen molar-refractivity contribution in [3.63, 3.8) is 0 Å². The monoisotopic (exact) mass is 390 g/mol. The molecule has 8 heteroatoms. The Morgan fingerprint density at radius 2 is 1.82 bits per heavy atom. The quantitative estimate of drug-likeness (QED) is 0.622. The van der Waals surface area contributed by atoms with Crippen LogP contribution in [0.5, 0.6) is 0 Å². The van der Waals surface area contributed by atoms with Crippen LogP contribution in [0, 0.1) is 6.92 Å². The standard InChI is InChI=1S/C14H9Cl3N2OS2/c1-7-18-12-6-9(2-3-13(12)21-7)19-22(20)14-10(16)4-8(15)5-11(14)17/h2-6,19H,1H3. The van der Waals surface area contributed by atoms with E-state index in [0.717, 1.165) is 15.2 Å². The van der Waals surface area contributed by atoms with E-state index in [9.17, 15) is 4.21 Å². The lowest BCUT2D eigenvalue weighted by atomic mass is 10.3. The Morgan fingerprint density at radius 1 is 1.14 bits per heavy atom. The molecule has 0 radical (unpaired) electrons. The van der Waals surface area contributed by atoms with Gasteiger partial charge in [0, 0.05) is 10.7 Å². The minimum atomic E-state index is -1.60. The first-order valence-electron chi connectivity index (χ1n) is 6.14. The minimum absolute atomic E-state index is 0.258. The van der Waals surface area contributed by atoms with Crippen molar-refractivity contribution >= 4 is 73.0 Å². The highest BCUT2D eigenvalue weighted by atomic mass is 35.5. The third kappa shape index (κ3) is 3.24. The fourth-order valence-corrected chi connectivity index (χ4v) is 4.93. The van der Waals surface area contributed by atoms with Gasteiger partial charge >= 0.3 is 0 Å². The lowest BCUT2D eigenvalue weighted by molar-refractivity contribution is 0.686. The number of thiazole rings is 1. The highest BCUT2D eigenvalue weighted by Crippen LogP contribution is 2.32. The second-order valence-electron chi connectivity index (χ2n) is 4.48. The molecule has 1 unspecified atom stereocenters. The van der Waals surface area contributed by atoms with E-state index < -0.39 is 11.0 Å². The lowest BCUT2D eigenvalue weighted by Gasteiger charge is -2.09. The molecule has 1 aromatic heterocycles. The van der Waals surface area contributed by atoms with Crippen molar-refractivity contribution in [1.29, 1.82) is 0 Å². The maximum absolute atomic E-state index is 12.5. The normalized spacial score (nSPS) is 12.5. The van der Waals surface area contributed by atoms with Crippen molar-refractivity contribution in [1.82, 2.24) is 4.98 Å². The number of nitrogens with zero attached hydrogens (tertiary/aromatic N) is 1. The minimum Gasteiger partial charge on any atom is -0.301 e. The van der Waals surface area contributed by atoms with Crippen molar-refractivity contribution in [3.05, 3.63) is 50.4 Å². The highest BCUT2D eigenvalue weighted by Gasteiger charge is 2.15. The third-order valence-corrected chi connectivity index (χ3v) is 6.08. The Labute approximate surface area is 148 Å². The van der Waals surface area contributed by atoms with Gasteiger partial charge in [0.15, 0.2) is 11.0 Å². The van der Waals surface area contributed by atoms with Crippen LogP contribution in [0.25, 0.3) is 10.2 Å². The van der Waals surface area contributed by atoms with Crippen molar-refractivity contribution in [2.45, 2.75) is 11.8 Å². The molecule has 2 aromatic carbocycles. The molecule has 1 atom stereocenters. The molecule has 0 saturated carbocycles. The molecule has 0 saturated heterocycles. The molecule has 1 N–H and O–H groups in total. The second-order valence-corrected chi connectivity index (χ2v) is 8.12. The summed E-state index contributed by atoms with van der Waals surface area (Å²) in [5.74, 6) is 0. The molecular weight excluding hydrogens is 383 g/mol. The molecule has 114 valence electrons. The van der Waals surface area contributed by atoms with Crippen molar-refractivity contribution in [3.8, 4) is 0 Å². The van der Waals surface area contributed by atoms with Crippen molar-refractivity contribution in [2.24, 2.45) is 0 Å². The average Bonchev–Trinajstić information content (AvgIpc) is 2.76. The Morgan fingerprint density at radius 3 is 2.50 bits per heavy atom. The van der Waals surface area contributed by atoms with Crippen LogP contribution in [0.2, 0.25) is 15.1 Å². The molecule has 0 fully saturated rings. The van der Waals surface area contributed by atoms with Gasteiger partial charge in [-0.2, -0.15) is 0 Å². The van der Waals surface area contributed by atoms with Crippen LogP contribution in [0.3, 0.4) is 0 Å². The fourth-order valence-electron chi connectivity index (χ4n) is 1.97. The molecule has 0 aliphatic heterocycles. The Hall–Kier alpha value is -0.850. The van der Waals surface area contributed by atoms with Gasteiger partial charge in [0.2, 0.25) is 0 Å². The Bertz CT molecular complexity index is 872. The summed E-state index contributed by atoms with van der Waals surface area (Å²) < 4.78 is 16.4. The number of halogens is 3. The molecular formula is C14H9Cl3N2OS2. The van der Waals surface area contributed by atoms with Crippen molar-refractivity contribution in [2.75, 3.05) is 4.72 Å². The van der Waals surface area contributed by atoms with Gasteiger partial charge in [-0.15, -0.1) is 11.3 Å². The van der Waals surface area contributed by atoms with Crippen LogP contribution in [0.15, 0.2) is 35.2 Å². The van der Waals surface area contributed by atoms with Gasteiger partial charge in [-0.05, 0) is 37.3 Å². The predicted molar refractivity (Wildman–Crippen MR) is 95.9 cm³/mol. The zero-order valence-electron chi connectivity index (χ0n) is 11.2. The molecule has 22 heavy (non-hydrogen) atoms. The molecule has 0 amide bonds. The van der Waals surface area contributed by atoms with Crippen LogP contribution in [0.1, 0.15) is 5.01 Å². The van der Waals surface area contributed by atoms with E-state index in [1.807, 2.05) is 25.1 Å². The third-order valence-electron chi connectivity index (χ3n) is 2.85. The van der Waals surface area contributed by atoms with Crippen LogP contribution in [-0.4, -0.2) is 9.19 Å². The van der Waals surface area contributed by atoms with Gasteiger partial charge < -0.3 is 4.72 Å². The van der Waals surface area contributed by atoms with E-state index in [1.165, 1.54) is 12.1 Å². The first kappa shape index (κ1) is 16.0. The average molecular weight is 392 g/mol. The number of benzene rings is 2. The molecule has 3 rings (SSSR count). The van der Waals surface area contributed by atoms with E-state index in [0.29, 0.717) is 15.6 Å². The molecule has 0 aliphatic carbocycles. The topological polar surface area (TPSA) is 42.0 Å². The predicted octanol–water partition coefficient (Wildman–Crippen LogP) is 5.70. The fraction of sp³-hybridized carbons (Fsp3) is 0.0714. The van der Waals surface area contributed by atoms with Crippen LogP contribution in [0.4, 0.5) is 5.69 Å². The first-order valence-corrected chi connectivity index (χ1v) is 9.24. The molecule has 1 heterocycles. The molecule has 3 nitrogen and oxygen atoms in total. The number of hydrogen-bond donors (Lipinski definition) is 1. The molecule has 0 spiro atoms. The Kier molecular flexibility index (Phi) is 4.61. The maximum atomic E-state index is 12.5. The number of anilines is 1. The number of fused-ring (bicyclic) bond motifs is 1. The SMILES string of the molecule is Cc1nc2cc(NS(=O)c3c(Cl)cc(Cl)cc3Cl)ccc2s1. The van der Waals surface area contributed by atoms with Gasteiger partial charge in [0.05, 0.1) is 30.2 Å². The summed E-state index contributed by atoms with van der Waals surface area (Å²) in [6.45, 7) is 1.95. The first-order chi connectivity index (χ1) is 10.4. The van der Waals surface area contributed by atoms with E-state index >= 15 is 0 Å². The zero-order valence-corrected chi connectivity index (χ0v) is 15.1. The van der Waals surface area contributed by atoms with E-state index in [1.54, 1.807) is 11.3 Å². The van der Waals surface area contributed by atoms with Gasteiger partial charge in [-0.1, -0.05) is 34.8 Å². The number of aromatic nitrogens is 1. The zero-order chi connectivity index (χ0) is 15.9. The van der Waals surface area contributed by atoms with E-state index in [2.05, 4.69) is 9.71 Å². The number of nitrogens with one attached hydrogen (secondary N) is 1. The van der Waals surface area contributed by atoms with Crippen LogP contribution >= 0.6 is 46.1 Å². The lowest BCUT2D eigenvalue weighted by Crippen LogP contribution is -2.06. The molecule has 0 aliphatic rings. The molecule has 3 aromatic rings. The summed E-state index contributed by atoms with van der Waals surface area (Å²) in [7, 11) is -1.60. The van der Waals surface area contributed by atoms with Crippen LogP contribution in [-0.2, 0) is 11.0 Å². The van der Waals surface area contributed by atoms with Gasteiger partial charge in [-0.3, -0.25) is 0 Å². The van der Waals surface area contributed by atoms with E-state index in [-0.39, 0.29) is 10.0 Å². The van der Waals surface area contributed by atoms with Gasteiger partial charge in [0.25, 0.3) is 0 Å². The number of rotatable bonds is 3. The Balaban J connectivity index is 1.92.